The minimum Gasteiger partial charge on any atom is -0.396 e. The number of hydrogen-bond donors (Lipinski definition) is 2. The van der Waals surface area contributed by atoms with Gasteiger partial charge in [0.1, 0.15) is 11.4 Å². The molecule has 27 heavy (non-hydrogen) atoms. The molecule has 0 amide bonds. The molecule has 5 heteroatoms. The number of aliphatic hydroxyl groups excluding tert-OH is 1. The van der Waals surface area contributed by atoms with Gasteiger partial charge in [-0.25, -0.2) is 0 Å². The van der Waals surface area contributed by atoms with Crippen molar-refractivity contribution in [1.82, 2.24) is 20.3 Å². The van der Waals surface area contributed by atoms with Crippen LogP contribution < -0.4 is 5.32 Å². The molecular formula is C22H28N4O. The first kappa shape index (κ1) is 19.3. The zero-order chi connectivity index (χ0) is 18.9. The molecule has 0 aliphatic carbocycles. The zero-order valence-corrected chi connectivity index (χ0v) is 15.9. The van der Waals surface area contributed by atoms with Crippen molar-refractivity contribution in [3.63, 3.8) is 0 Å². The lowest BCUT2D eigenvalue weighted by Crippen LogP contribution is -2.16. The summed E-state index contributed by atoms with van der Waals surface area (Å²) in [5.41, 5.74) is 5.44. The number of benzene rings is 2. The van der Waals surface area contributed by atoms with Gasteiger partial charge in [0, 0.05) is 18.7 Å². The minimum absolute atomic E-state index is 0.269. The van der Waals surface area contributed by atoms with E-state index in [1.165, 1.54) is 11.1 Å². The largest absolute Gasteiger partial charge is 0.396 e. The molecule has 0 unspecified atom stereocenters. The quantitative estimate of drug-likeness (QED) is 0.540. The van der Waals surface area contributed by atoms with Gasteiger partial charge in [-0.2, -0.15) is 15.0 Å². The molecule has 0 atom stereocenters. The molecule has 0 bridgehead atoms. The second-order valence-electron chi connectivity index (χ2n) is 6.84. The monoisotopic (exact) mass is 364 g/mol. The molecule has 0 spiro atoms. The molecule has 0 aliphatic rings. The number of aliphatic hydroxyl groups is 1. The Bertz CT molecular complexity index is 829. The van der Waals surface area contributed by atoms with Crippen LogP contribution in [-0.4, -0.2) is 33.3 Å². The second-order valence-corrected chi connectivity index (χ2v) is 6.84. The Morgan fingerprint density at radius 3 is 2.59 bits per heavy atom. The van der Waals surface area contributed by atoms with Crippen LogP contribution in [0.3, 0.4) is 0 Å². The summed E-state index contributed by atoms with van der Waals surface area (Å²) < 4.78 is 0. The van der Waals surface area contributed by atoms with Gasteiger partial charge < -0.3 is 10.4 Å². The molecule has 0 saturated carbocycles. The highest BCUT2D eigenvalue weighted by Gasteiger charge is 2.13. The van der Waals surface area contributed by atoms with Crippen LogP contribution in [0, 0.1) is 6.92 Å². The molecule has 0 fully saturated rings. The van der Waals surface area contributed by atoms with Gasteiger partial charge >= 0.3 is 0 Å². The van der Waals surface area contributed by atoms with Crippen molar-refractivity contribution in [1.29, 1.82) is 0 Å². The topological polar surface area (TPSA) is 63.0 Å². The summed E-state index contributed by atoms with van der Waals surface area (Å²) in [6, 6.07) is 18.7. The van der Waals surface area contributed by atoms with Crippen molar-refractivity contribution < 1.29 is 5.11 Å². The molecule has 2 aromatic carbocycles. The fourth-order valence-electron chi connectivity index (χ4n) is 3.11. The number of hydrogen-bond acceptors (Lipinski definition) is 4. The molecule has 0 aliphatic heterocycles. The van der Waals surface area contributed by atoms with Crippen LogP contribution in [0.25, 0.3) is 11.3 Å². The lowest BCUT2D eigenvalue weighted by atomic mass is 10.1. The Balaban J connectivity index is 1.73. The molecule has 0 radical (unpaired) electrons. The van der Waals surface area contributed by atoms with Crippen molar-refractivity contribution in [2.24, 2.45) is 0 Å². The summed E-state index contributed by atoms with van der Waals surface area (Å²) >= 11 is 0. The number of aryl methyl sites for hydroxylation is 1. The Kier molecular flexibility index (Phi) is 7.13. The lowest BCUT2D eigenvalue weighted by molar-refractivity contribution is 0.283. The van der Waals surface area contributed by atoms with Gasteiger partial charge in [0.25, 0.3) is 0 Å². The zero-order valence-electron chi connectivity index (χ0n) is 15.9. The average Bonchev–Trinajstić information content (AvgIpc) is 3.08. The smallest absolute Gasteiger partial charge is 0.117 e. The summed E-state index contributed by atoms with van der Waals surface area (Å²) in [5, 5.41) is 21.8. The maximum absolute atomic E-state index is 8.86. The van der Waals surface area contributed by atoms with Gasteiger partial charge in [0.2, 0.25) is 0 Å². The summed E-state index contributed by atoms with van der Waals surface area (Å²) in [7, 11) is 0. The van der Waals surface area contributed by atoms with E-state index in [9.17, 15) is 0 Å². The molecular weight excluding hydrogens is 336 g/mol. The van der Waals surface area contributed by atoms with Crippen LogP contribution in [0.15, 0.2) is 54.6 Å². The maximum Gasteiger partial charge on any atom is 0.117 e. The van der Waals surface area contributed by atoms with Crippen LogP contribution in [0.1, 0.15) is 36.1 Å². The number of aromatic nitrogens is 3. The van der Waals surface area contributed by atoms with Crippen LogP contribution in [0.5, 0.6) is 0 Å². The van der Waals surface area contributed by atoms with E-state index in [4.69, 9.17) is 15.3 Å². The summed E-state index contributed by atoms with van der Waals surface area (Å²) in [6.45, 7) is 4.64. The Labute approximate surface area is 161 Å². The summed E-state index contributed by atoms with van der Waals surface area (Å²) in [5.74, 6) is 0. The highest BCUT2D eigenvalue weighted by molar-refractivity contribution is 5.60. The SMILES string of the molecule is Cc1cccc(Cn2nc(CNCCCCCO)c(-c3ccccc3)n2)c1. The van der Waals surface area contributed by atoms with Crippen LogP contribution >= 0.6 is 0 Å². The van der Waals surface area contributed by atoms with E-state index in [1.807, 2.05) is 18.2 Å². The molecule has 3 rings (SSSR count). The van der Waals surface area contributed by atoms with Crippen LogP contribution in [-0.2, 0) is 13.1 Å². The van der Waals surface area contributed by atoms with E-state index < -0.39 is 0 Å². The van der Waals surface area contributed by atoms with E-state index in [1.54, 1.807) is 4.80 Å². The number of rotatable bonds is 10. The molecule has 1 aromatic heterocycles. The molecule has 3 aromatic rings. The summed E-state index contributed by atoms with van der Waals surface area (Å²) in [4.78, 5) is 1.79. The first-order valence-electron chi connectivity index (χ1n) is 9.63. The van der Waals surface area contributed by atoms with E-state index in [0.717, 1.165) is 42.8 Å². The molecule has 1 heterocycles. The minimum atomic E-state index is 0.269. The van der Waals surface area contributed by atoms with Crippen molar-refractivity contribution in [2.75, 3.05) is 13.2 Å². The van der Waals surface area contributed by atoms with Crippen molar-refractivity contribution in [3.05, 3.63) is 71.4 Å². The van der Waals surface area contributed by atoms with E-state index >= 15 is 0 Å². The fraction of sp³-hybridized carbons (Fsp3) is 0.364. The van der Waals surface area contributed by atoms with E-state index in [2.05, 4.69) is 48.6 Å². The number of nitrogens with zero attached hydrogens (tertiary/aromatic N) is 3. The molecule has 2 N–H and O–H groups in total. The van der Waals surface area contributed by atoms with Crippen molar-refractivity contribution >= 4 is 0 Å². The maximum atomic E-state index is 8.86. The first-order valence-corrected chi connectivity index (χ1v) is 9.63. The second kappa shape index (κ2) is 10.00. The highest BCUT2D eigenvalue weighted by atomic mass is 16.2. The Morgan fingerprint density at radius 2 is 1.81 bits per heavy atom. The predicted octanol–water partition coefficient (Wildman–Crippen LogP) is 3.55. The van der Waals surface area contributed by atoms with Gasteiger partial charge in [-0.3, -0.25) is 0 Å². The number of unbranched alkanes of at least 4 members (excludes halogenated alkanes) is 2. The van der Waals surface area contributed by atoms with E-state index in [-0.39, 0.29) is 6.61 Å². The van der Waals surface area contributed by atoms with Gasteiger partial charge in [0.05, 0.1) is 6.54 Å². The molecule has 5 nitrogen and oxygen atoms in total. The van der Waals surface area contributed by atoms with Gasteiger partial charge in [0.15, 0.2) is 0 Å². The Hall–Kier alpha value is -2.50. The van der Waals surface area contributed by atoms with Crippen LogP contribution in [0.2, 0.25) is 0 Å². The molecule has 142 valence electrons. The highest BCUT2D eigenvalue weighted by Crippen LogP contribution is 2.20. The third-order valence-electron chi connectivity index (χ3n) is 4.48. The normalized spacial score (nSPS) is 11.0. The third-order valence-corrected chi connectivity index (χ3v) is 4.48. The van der Waals surface area contributed by atoms with Gasteiger partial charge in [-0.1, -0.05) is 60.2 Å². The third kappa shape index (κ3) is 5.74. The standard InChI is InChI=1S/C22H28N4O/c1-18-9-8-10-19(15-18)17-26-24-21(16-23-13-6-3-7-14-27)22(25-26)20-11-4-2-5-12-20/h2,4-5,8-12,15,23,27H,3,6-7,13-14,16-17H2,1H3. The Morgan fingerprint density at radius 1 is 0.963 bits per heavy atom. The average molecular weight is 364 g/mol. The van der Waals surface area contributed by atoms with Crippen molar-refractivity contribution in [3.8, 4) is 11.3 Å². The van der Waals surface area contributed by atoms with Crippen molar-refractivity contribution in [2.45, 2.75) is 39.3 Å². The first-order chi connectivity index (χ1) is 13.3. The van der Waals surface area contributed by atoms with Gasteiger partial charge in [-0.15, -0.1) is 0 Å². The fourth-order valence-corrected chi connectivity index (χ4v) is 3.11. The lowest BCUT2D eigenvalue weighted by Gasteiger charge is -2.04. The van der Waals surface area contributed by atoms with Gasteiger partial charge in [-0.05, 0) is 38.3 Å². The molecule has 0 saturated heterocycles. The predicted molar refractivity (Wildman–Crippen MR) is 108 cm³/mol. The summed E-state index contributed by atoms with van der Waals surface area (Å²) in [6.07, 6.45) is 2.96. The number of nitrogens with one attached hydrogen (secondary N) is 1. The van der Waals surface area contributed by atoms with E-state index in [0.29, 0.717) is 13.1 Å². The van der Waals surface area contributed by atoms with Crippen LogP contribution in [0.4, 0.5) is 0 Å².